The summed E-state index contributed by atoms with van der Waals surface area (Å²) < 4.78 is 0. The summed E-state index contributed by atoms with van der Waals surface area (Å²) in [5.74, 6) is -0.359. The maximum absolute atomic E-state index is 13.3. The zero-order valence-corrected chi connectivity index (χ0v) is 20.9. The number of hydrogen-bond acceptors (Lipinski definition) is 3. The number of carbonyl (C=O) groups is 1. The molecule has 0 saturated carbocycles. The fraction of sp³-hybridized carbons (Fsp3) is 0.962. The quantitative estimate of drug-likeness (QED) is 0.191. The summed E-state index contributed by atoms with van der Waals surface area (Å²) in [6.45, 7) is 15.8. The van der Waals surface area contributed by atoms with Crippen molar-refractivity contribution in [1.82, 2.24) is 0 Å². The van der Waals surface area contributed by atoms with Gasteiger partial charge in [0, 0.05) is 0 Å². The molecule has 0 rings (SSSR count). The van der Waals surface area contributed by atoms with Gasteiger partial charge in [0.15, 0.2) is 0 Å². The Morgan fingerprint density at radius 2 is 1.03 bits per heavy atom. The molecule has 3 heteroatoms. The van der Waals surface area contributed by atoms with Crippen LogP contribution in [-0.4, -0.2) is 11.2 Å². The van der Waals surface area contributed by atoms with Gasteiger partial charge < -0.3 is 4.89 Å². The average molecular weight is 413 g/mol. The second kappa shape index (κ2) is 14.4. The minimum Gasteiger partial charge on any atom is -0.300 e. The van der Waals surface area contributed by atoms with Crippen LogP contribution in [-0.2, 0) is 9.68 Å². The predicted octanol–water partition coefficient (Wildman–Crippen LogP) is 8.95. The lowest BCUT2D eigenvalue weighted by atomic mass is 9.53. The van der Waals surface area contributed by atoms with E-state index < -0.39 is 5.41 Å². The van der Waals surface area contributed by atoms with Gasteiger partial charge in [-0.15, -0.1) is 0 Å². The Hall–Kier alpha value is -0.570. The Morgan fingerprint density at radius 3 is 1.38 bits per heavy atom. The van der Waals surface area contributed by atoms with Gasteiger partial charge in [0.25, 0.3) is 0 Å². The van der Waals surface area contributed by atoms with Crippen LogP contribution in [0, 0.1) is 16.2 Å². The second-order valence-electron chi connectivity index (χ2n) is 10.6. The summed E-state index contributed by atoms with van der Waals surface area (Å²) in [6, 6.07) is 0. The maximum atomic E-state index is 13.3. The van der Waals surface area contributed by atoms with Gasteiger partial charge in [-0.25, -0.2) is 4.79 Å². The fourth-order valence-corrected chi connectivity index (χ4v) is 5.20. The van der Waals surface area contributed by atoms with E-state index in [1.165, 1.54) is 6.42 Å². The molecule has 0 aromatic heterocycles. The van der Waals surface area contributed by atoms with Crippen molar-refractivity contribution in [2.24, 2.45) is 16.2 Å². The Labute approximate surface area is 182 Å². The first-order valence-electron chi connectivity index (χ1n) is 12.5. The molecule has 1 N–H and O–H groups in total. The van der Waals surface area contributed by atoms with Gasteiger partial charge in [-0.1, -0.05) is 106 Å². The van der Waals surface area contributed by atoms with Crippen molar-refractivity contribution in [2.75, 3.05) is 0 Å². The average Bonchev–Trinajstić information content (AvgIpc) is 2.68. The van der Waals surface area contributed by atoms with Crippen LogP contribution >= 0.6 is 0 Å². The van der Waals surface area contributed by atoms with Crippen LogP contribution < -0.4 is 0 Å². The lowest BCUT2D eigenvalue weighted by Crippen LogP contribution is -2.49. The van der Waals surface area contributed by atoms with Gasteiger partial charge in [0.2, 0.25) is 0 Å². The van der Waals surface area contributed by atoms with Crippen LogP contribution in [0.25, 0.3) is 0 Å². The molecule has 0 radical (unpaired) electrons. The molecule has 0 amide bonds. The highest BCUT2D eigenvalue weighted by Crippen LogP contribution is 2.57. The summed E-state index contributed by atoms with van der Waals surface area (Å²) in [5.41, 5.74) is -0.335. The molecule has 0 aromatic carbocycles. The Balaban J connectivity index is 6.28. The zero-order chi connectivity index (χ0) is 22.4. The van der Waals surface area contributed by atoms with Crippen molar-refractivity contribution >= 4 is 5.97 Å². The molecular weight excluding hydrogens is 360 g/mol. The fourth-order valence-electron chi connectivity index (χ4n) is 5.20. The third-order valence-electron chi connectivity index (χ3n) is 7.00. The number of hydrogen-bond donors (Lipinski definition) is 1. The van der Waals surface area contributed by atoms with E-state index in [0.717, 1.165) is 89.9 Å². The minimum absolute atomic E-state index is 0.0750. The number of unbranched alkanes of at least 4 members (excludes halogenated alkanes) is 4. The zero-order valence-electron chi connectivity index (χ0n) is 20.9. The van der Waals surface area contributed by atoms with Crippen LogP contribution in [0.4, 0.5) is 0 Å². The summed E-state index contributed by atoms with van der Waals surface area (Å²) >= 11 is 0. The van der Waals surface area contributed by atoms with Crippen LogP contribution in [0.2, 0.25) is 0 Å². The molecule has 0 aliphatic rings. The molecule has 3 nitrogen and oxygen atoms in total. The Bertz CT molecular complexity index is 406. The van der Waals surface area contributed by atoms with Crippen molar-refractivity contribution < 1.29 is 14.9 Å². The molecule has 0 spiro atoms. The Kier molecular flexibility index (Phi) is 14.2. The molecule has 29 heavy (non-hydrogen) atoms. The van der Waals surface area contributed by atoms with Gasteiger partial charge >= 0.3 is 5.97 Å². The third kappa shape index (κ3) is 8.99. The van der Waals surface area contributed by atoms with Crippen molar-refractivity contribution in [2.45, 2.75) is 145 Å². The molecule has 0 aliphatic heterocycles. The number of carbonyl (C=O) groups excluding carboxylic acids is 1. The first-order chi connectivity index (χ1) is 13.7. The van der Waals surface area contributed by atoms with Crippen LogP contribution in [0.1, 0.15) is 145 Å². The van der Waals surface area contributed by atoms with Gasteiger partial charge in [-0.2, -0.15) is 5.26 Å². The largest absolute Gasteiger partial charge is 0.348 e. The predicted molar refractivity (Wildman–Crippen MR) is 125 cm³/mol. The van der Waals surface area contributed by atoms with Gasteiger partial charge in [-0.05, 0) is 49.4 Å². The first kappa shape index (κ1) is 28.4. The lowest BCUT2D eigenvalue weighted by Gasteiger charge is -2.50. The van der Waals surface area contributed by atoms with E-state index >= 15 is 0 Å². The van der Waals surface area contributed by atoms with Crippen LogP contribution in [0.15, 0.2) is 0 Å². The van der Waals surface area contributed by atoms with Crippen LogP contribution in [0.3, 0.4) is 0 Å². The molecule has 174 valence electrons. The lowest BCUT2D eigenvalue weighted by molar-refractivity contribution is -0.255. The Morgan fingerprint density at radius 1 is 0.655 bits per heavy atom. The molecule has 0 saturated heterocycles. The first-order valence-corrected chi connectivity index (χ1v) is 12.5. The van der Waals surface area contributed by atoms with Crippen molar-refractivity contribution in [1.29, 1.82) is 0 Å². The molecule has 0 aromatic rings. The van der Waals surface area contributed by atoms with E-state index in [9.17, 15) is 10.1 Å². The molecule has 0 fully saturated rings. The monoisotopic (exact) mass is 412 g/mol. The highest BCUT2D eigenvalue weighted by molar-refractivity contribution is 5.77. The van der Waals surface area contributed by atoms with Crippen molar-refractivity contribution in [3.63, 3.8) is 0 Å². The van der Waals surface area contributed by atoms with E-state index in [0.29, 0.717) is 5.41 Å². The van der Waals surface area contributed by atoms with Gasteiger partial charge in [0.1, 0.15) is 0 Å². The SMILES string of the molecule is CCCCC(CCCC)(CCCC(C)(C)C)C(CCCC)(CCCC)C(=O)OO. The highest BCUT2D eigenvalue weighted by atomic mass is 17.1. The van der Waals surface area contributed by atoms with Crippen LogP contribution in [0.5, 0.6) is 0 Å². The normalized spacial score (nSPS) is 13.0. The second-order valence-corrected chi connectivity index (χ2v) is 10.6. The standard InChI is InChI=1S/C26H52O3/c1-8-12-18-25(19-13-9-2,20-16-17-24(5,6)7)26(21-14-10-3,22-15-11-4)23(27)29-28/h28H,8-22H2,1-7H3. The van der Waals surface area contributed by atoms with E-state index in [1.807, 2.05) is 0 Å². The molecule has 0 atom stereocenters. The number of rotatable bonds is 17. The summed E-state index contributed by atoms with van der Waals surface area (Å²) in [4.78, 5) is 17.9. The van der Waals surface area contributed by atoms with E-state index in [2.05, 4.69) is 53.4 Å². The van der Waals surface area contributed by atoms with E-state index in [4.69, 9.17) is 0 Å². The molecule has 0 bridgehead atoms. The molecule has 0 aliphatic carbocycles. The molecule has 0 heterocycles. The topological polar surface area (TPSA) is 46.5 Å². The van der Waals surface area contributed by atoms with Gasteiger partial charge in [-0.3, -0.25) is 0 Å². The van der Waals surface area contributed by atoms with E-state index in [1.54, 1.807) is 0 Å². The summed E-state index contributed by atoms with van der Waals surface area (Å²) in [5, 5.41) is 9.59. The van der Waals surface area contributed by atoms with Crippen molar-refractivity contribution in [3.05, 3.63) is 0 Å². The highest BCUT2D eigenvalue weighted by Gasteiger charge is 2.55. The van der Waals surface area contributed by atoms with Gasteiger partial charge in [0.05, 0.1) is 5.41 Å². The summed E-state index contributed by atoms with van der Waals surface area (Å²) in [7, 11) is 0. The maximum Gasteiger partial charge on any atom is 0.348 e. The molecular formula is C26H52O3. The molecule has 0 unspecified atom stereocenters. The van der Waals surface area contributed by atoms with Crippen molar-refractivity contribution in [3.8, 4) is 0 Å². The third-order valence-corrected chi connectivity index (χ3v) is 7.00. The summed E-state index contributed by atoms with van der Waals surface area (Å²) in [6.07, 6.45) is 15.9. The van der Waals surface area contributed by atoms with E-state index in [-0.39, 0.29) is 11.4 Å². The smallest absolute Gasteiger partial charge is 0.300 e. The minimum atomic E-state index is -0.560.